The molecule has 0 amide bonds. The lowest BCUT2D eigenvalue weighted by Crippen LogP contribution is -2.15. The standard InChI is InChI=1S/C13H9ClF3N/c14-8-6-7(4-5-9(8)15)13(18)12-10(16)2-1-3-11(12)17/h1-6,13H,18H2. The Morgan fingerprint density at radius 2 is 1.56 bits per heavy atom. The van der Waals surface area contributed by atoms with Gasteiger partial charge in [0.2, 0.25) is 0 Å². The average Bonchev–Trinajstić information content (AvgIpc) is 2.32. The summed E-state index contributed by atoms with van der Waals surface area (Å²) in [6.07, 6.45) is 0. The highest BCUT2D eigenvalue weighted by molar-refractivity contribution is 6.30. The molecule has 0 aliphatic heterocycles. The van der Waals surface area contributed by atoms with Crippen molar-refractivity contribution >= 4 is 11.6 Å². The minimum atomic E-state index is -1.04. The molecule has 0 aromatic heterocycles. The van der Waals surface area contributed by atoms with E-state index in [2.05, 4.69) is 0 Å². The molecule has 2 aromatic rings. The van der Waals surface area contributed by atoms with Crippen molar-refractivity contribution in [2.75, 3.05) is 0 Å². The fraction of sp³-hybridized carbons (Fsp3) is 0.0769. The molecule has 2 N–H and O–H groups in total. The Morgan fingerprint density at radius 1 is 0.944 bits per heavy atom. The highest BCUT2D eigenvalue weighted by atomic mass is 35.5. The van der Waals surface area contributed by atoms with Crippen molar-refractivity contribution in [3.05, 3.63) is 70.0 Å². The number of halogens is 4. The molecule has 1 atom stereocenters. The third-order valence-corrected chi connectivity index (χ3v) is 2.90. The SMILES string of the molecule is NC(c1ccc(F)c(Cl)c1)c1c(F)cccc1F. The highest BCUT2D eigenvalue weighted by Gasteiger charge is 2.18. The van der Waals surface area contributed by atoms with Crippen LogP contribution in [-0.4, -0.2) is 0 Å². The van der Waals surface area contributed by atoms with E-state index in [0.29, 0.717) is 5.56 Å². The molecular formula is C13H9ClF3N. The van der Waals surface area contributed by atoms with E-state index < -0.39 is 23.5 Å². The van der Waals surface area contributed by atoms with Crippen molar-refractivity contribution in [3.63, 3.8) is 0 Å². The van der Waals surface area contributed by atoms with Crippen LogP contribution in [0, 0.1) is 17.5 Å². The summed E-state index contributed by atoms with van der Waals surface area (Å²) >= 11 is 5.61. The van der Waals surface area contributed by atoms with Gasteiger partial charge in [0, 0.05) is 5.56 Å². The van der Waals surface area contributed by atoms with Gasteiger partial charge in [-0.15, -0.1) is 0 Å². The van der Waals surface area contributed by atoms with Crippen LogP contribution < -0.4 is 5.73 Å². The molecule has 2 aromatic carbocycles. The van der Waals surface area contributed by atoms with Crippen LogP contribution in [-0.2, 0) is 0 Å². The number of hydrogen-bond donors (Lipinski definition) is 1. The second-order valence-corrected chi connectivity index (χ2v) is 4.19. The van der Waals surface area contributed by atoms with E-state index in [0.717, 1.165) is 18.2 Å². The minimum Gasteiger partial charge on any atom is -0.320 e. The molecule has 0 aliphatic rings. The molecule has 18 heavy (non-hydrogen) atoms. The van der Waals surface area contributed by atoms with Crippen molar-refractivity contribution in [2.45, 2.75) is 6.04 Å². The predicted octanol–water partition coefficient (Wildman–Crippen LogP) is 3.81. The first-order chi connectivity index (χ1) is 8.50. The van der Waals surface area contributed by atoms with Gasteiger partial charge in [-0.05, 0) is 29.8 Å². The summed E-state index contributed by atoms with van der Waals surface area (Å²) in [5.74, 6) is -2.10. The lowest BCUT2D eigenvalue weighted by atomic mass is 9.98. The highest BCUT2D eigenvalue weighted by Crippen LogP contribution is 2.27. The number of hydrogen-bond acceptors (Lipinski definition) is 1. The zero-order valence-electron chi connectivity index (χ0n) is 9.13. The van der Waals surface area contributed by atoms with E-state index in [1.165, 1.54) is 18.2 Å². The van der Waals surface area contributed by atoms with Crippen LogP contribution in [0.3, 0.4) is 0 Å². The first-order valence-electron chi connectivity index (χ1n) is 5.15. The van der Waals surface area contributed by atoms with Gasteiger partial charge in [-0.25, -0.2) is 13.2 Å². The molecule has 0 aliphatic carbocycles. The molecule has 0 saturated carbocycles. The smallest absolute Gasteiger partial charge is 0.141 e. The third kappa shape index (κ3) is 2.35. The average molecular weight is 272 g/mol. The van der Waals surface area contributed by atoms with Crippen LogP contribution in [0.2, 0.25) is 5.02 Å². The fourth-order valence-corrected chi connectivity index (χ4v) is 1.87. The van der Waals surface area contributed by atoms with Crippen LogP contribution in [0.15, 0.2) is 36.4 Å². The molecular weight excluding hydrogens is 263 g/mol. The monoisotopic (exact) mass is 271 g/mol. The summed E-state index contributed by atoms with van der Waals surface area (Å²) in [5, 5.41) is -0.139. The van der Waals surface area contributed by atoms with Crippen molar-refractivity contribution in [1.82, 2.24) is 0 Å². The van der Waals surface area contributed by atoms with E-state index in [1.54, 1.807) is 0 Å². The maximum absolute atomic E-state index is 13.5. The van der Waals surface area contributed by atoms with E-state index in [1.807, 2.05) is 0 Å². The maximum Gasteiger partial charge on any atom is 0.141 e. The van der Waals surface area contributed by atoms with Crippen molar-refractivity contribution in [3.8, 4) is 0 Å². The molecule has 0 heterocycles. The first-order valence-corrected chi connectivity index (χ1v) is 5.53. The molecule has 0 saturated heterocycles. The van der Waals surface area contributed by atoms with E-state index in [4.69, 9.17) is 17.3 Å². The molecule has 0 spiro atoms. The molecule has 0 fully saturated rings. The second kappa shape index (κ2) is 5.00. The molecule has 5 heteroatoms. The Morgan fingerprint density at radius 3 is 2.11 bits per heavy atom. The first kappa shape index (κ1) is 12.9. The zero-order chi connectivity index (χ0) is 13.3. The van der Waals surface area contributed by atoms with Crippen LogP contribution in [0.25, 0.3) is 0 Å². The Labute approximate surface area is 107 Å². The van der Waals surface area contributed by atoms with Gasteiger partial charge in [0.25, 0.3) is 0 Å². The van der Waals surface area contributed by atoms with Crippen LogP contribution in [0.5, 0.6) is 0 Å². The van der Waals surface area contributed by atoms with Gasteiger partial charge < -0.3 is 5.73 Å². The lowest BCUT2D eigenvalue weighted by Gasteiger charge is -2.14. The summed E-state index contributed by atoms with van der Waals surface area (Å²) in [5.41, 5.74) is 5.85. The largest absolute Gasteiger partial charge is 0.320 e. The minimum absolute atomic E-state index is 0.139. The lowest BCUT2D eigenvalue weighted by molar-refractivity contribution is 0.543. The van der Waals surface area contributed by atoms with E-state index in [9.17, 15) is 13.2 Å². The van der Waals surface area contributed by atoms with Gasteiger partial charge in [-0.1, -0.05) is 23.7 Å². The van der Waals surface area contributed by atoms with Crippen LogP contribution in [0.4, 0.5) is 13.2 Å². The van der Waals surface area contributed by atoms with E-state index in [-0.39, 0.29) is 10.6 Å². The van der Waals surface area contributed by atoms with Gasteiger partial charge in [0.05, 0.1) is 11.1 Å². The molecule has 1 nitrogen and oxygen atoms in total. The van der Waals surface area contributed by atoms with Crippen molar-refractivity contribution in [1.29, 1.82) is 0 Å². The van der Waals surface area contributed by atoms with Gasteiger partial charge >= 0.3 is 0 Å². The Bertz CT molecular complexity index is 566. The molecule has 0 radical (unpaired) electrons. The summed E-state index contributed by atoms with van der Waals surface area (Å²) in [7, 11) is 0. The quantitative estimate of drug-likeness (QED) is 0.883. The Hall–Kier alpha value is -1.52. The maximum atomic E-state index is 13.5. The summed E-state index contributed by atoms with van der Waals surface area (Å²) in [6.45, 7) is 0. The Kier molecular flexibility index (Phi) is 3.59. The molecule has 2 rings (SSSR count). The predicted molar refractivity (Wildman–Crippen MR) is 63.8 cm³/mol. The number of benzene rings is 2. The van der Waals surface area contributed by atoms with Crippen LogP contribution in [0.1, 0.15) is 17.2 Å². The summed E-state index contributed by atoms with van der Waals surface area (Å²) in [6, 6.07) is 6.15. The summed E-state index contributed by atoms with van der Waals surface area (Å²) < 4.78 is 40.1. The molecule has 1 unspecified atom stereocenters. The topological polar surface area (TPSA) is 26.0 Å². The van der Waals surface area contributed by atoms with Gasteiger partial charge in [0.15, 0.2) is 0 Å². The number of nitrogens with two attached hydrogens (primary N) is 1. The van der Waals surface area contributed by atoms with Crippen molar-refractivity contribution in [2.24, 2.45) is 5.73 Å². The van der Waals surface area contributed by atoms with Gasteiger partial charge in [0.1, 0.15) is 17.5 Å². The fourth-order valence-electron chi connectivity index (χ4n) is 1.68. The van der Waals surface area contributed by atoms with Crippen molar-refractivity contribution < 1.29 is 13.2 Å². The van der Waals surface area contributed by atoms with Crippen LogP contribution >= 0.6 is 11.6 Å². The van der Waals surface area contributed by atoms with E-state index >= 15 is 0 Å². The zero-order valence-corrected chi connectivity index (χ0v) is 9.89. The second-order valence-electron chi connectivity index (χ2n) is 3.79. The normalized spacial score (nSPS) is 12.5. The number of rotatable bonds is 2. The Balaban J connectivity index is 2.48. The third-order valence-electron chi connectivity index (χ3n) is 2.61. The summed E-state index contributed by atoms with van der Waals surface area (Å²) in [4.78, 5) is 0. The molecule has 94 valence electrons. The molecule has 0 bridgehead atoms. The van der Waals surface area contributed by atoms with Gasteiger partial charge in [-0.3, -0.25) is 0 Å². The van der Waals surface area contributed by atoms with Gasteiger partial charge in [-0.2, -0.15) is 0 Å².